The van der Waals surface area contributed by atoms with E-state index in [0.29, 0.717) is 24.2 Å². The number of aliphatic hydroxyl groups excluding tert-OH is 1. The quantitative estimate of drug-likeness (QED) is 0.509. The molecule has 0 unspecified atom stereocenters. The van der Waals surface area contributed by atoms with E-state index in [1.165, 1.54) is 11.6 Å². The minimum Gasteiger partial charge on any atom is -0.394 e. The fourth-order valence-electron chi connectivity index (χ4n) is 2.90. The monoisotopic (exact) mass is 421 g/mol. The second-order valence-corrected chi connectivity index (χ2v) is 8.61. The lowest BCUT2D eigenvalue weighted by molar-refractivity contribution is -0.134. The summed E-state index contributed by atoms with van der Waals surface area (Å²) in [5.74, 6) is 2.04. The molecule has 0 radical (unpaired) electrons. The first-order chi connectivity index (χ1) is 13.7. The minimum atomic E-state index is -0.319. The average Bonchev–Trinajstić information content (AvgIpc) is 2.72. The van der Waals surface area contributed by atoms with Crippen LogP contribution >= 0.6 is 23.5 Å². The molecule has 1 atom stereocenters. The molecule has 0 spiro atoms. The molecule has 152 valence electrons. The van der Waals surface area contributed by atoms with Gasteiger partial charge in [-0.1, -0.05) is 48.5 Å². The predicted molar refractivity (Wildman–Crippen MR) is 118 cm³/mol. The number of benzene rings is 2. The van der Waals surface area contributed by atoms with E-state index < -0.39 is 0 Å². The molecule has 3 nitrogen and oxygen atoms in total. The van der Waals surface area contributed by atoms with Gasteiger partial charge in [-0.25, -0.2) is 4.39 Å². The molecule has 6 heteroatoms. The molecule has 0 saturated heterocycles. The molecule has 0 aromatic heterocycles. The Morgan fingerprint density at radius 2 is 1.82 bits per heavy atom. The van der Waals surface area contributed by atoms with Crippen molar-refractivity contribution in [2.75, 3.05) is 24.4 Å². The van der Waals surface area contributed by atoms with Crippen molar-refractivity contribution in [3.63, 3.8) is 0 Å². The summed E-state index contributed by atoms with van der Waals surface area (Å²) < 4.78 is 14.1. The molecule has 2 aromatic rings. The Morgan fingerprint density at radius 1 is 1.11 bits per heavy atom. The van der Waals surface area contributed by atoms with Gasteiger partial charge in [0.15, 0.2) is 0 Å². The summed E-state index contributed by atoms with van der Waals surface area (Å²) in [6, 6.07) is 16.4. The van der Waals surface area contributed by atoms with Crippen molar-refractivity contribution < 1.29 is 14.3 Å². The van der Waals surface area contributed by atoms with Crippen molar-refractivity contribution in [1.82, 2.24) is 4.90 Å². The predicted octanol–water partition coefficient (Wildman–Crippen LogP) is 4.59. The second kappa shape index (κ2) is 12.9. The van der Waals surface area contributed by atoms with E-state index >= 15 is 0 Å². The van der Waals surface area contributed by atoms with Crippen molar-refractivity contribution in [2.24, 2.45) is 0 Å². The van der Waals surface area contributed by atoms with Crippen LogP contribution in [0.3, 0.4) is 0 Å². The van der Waals surface area contributed by atoms with Crippen molar-refractivity contribution in [2.45, 2.75) is 31.2 Å². The van der Waals surface area contributed by atoms with Gasteiger partial charge in [-0.3, -0.25) is 4.79 Å². The molecule has 0 heterocycles. The van der Waals surface area contributed by atoms with Gasteiger partial charge in [0.05, 0.1) is 12.6 Å². The van der Waals surface area contributed by atoms with Crippen molar-refractivity contribution in [3.05, 3.63) is 71.5 Å². The molecule has 1 amide bonds. The van der Waals surface area contributed by atoms with Crippen LogP contribution < -0.4 is 0 Å². The third-order valence-electron chi connectivity index (χ3n) is 4.50. The van der Waals surface area contributed by atoms with Gasteiger partial charge in [-0.2, -0.15) is 23.5 Å². The number of thioether (sulfide) groups is 2. The molecule has 28 heavy (non-hydrogen) atoms. The molecule has 0 aliphatic carbocycles. The number of hydrogen-bond donors (Lipinski definition) is 1. The van der Waals surface area contributed by atoms with E-state index in [-0.39, 0.29) is 30.9 Å². The van der Waals surface area contributed by atoms with Crippen molar-refractivity contribution in [3.8, 4) is 0 Å². The van der Waals surface area contributed by atoms with Gasteiger partial charge in [0, 0.05) is 30.0 Å². The van der Waals surface area contributed by atoms with Gasteiger partial charge in [0.25, 0.3) is 0 Å². The highest BCUT2D eigenvalue weighted by atomic mass is 32.2. The largest absolute Gasteiger partial charge is 0.394 e. The van der Waals surface area contributed by atoms with Gasteiger partial charge >= 0.3 is 0 Å². The van der Waals surface area contributed by atoms with Crippen LogP contribution in [0.1, 0.15) is 24.0 Å². The summed E-state index contributed by atoms with van der Waals surface area (Å²) in [6.45, 7) is 0.0758. The number of nitrogens with zero attached hydrogens (tertiary/aromatic N) is 1. The highest BCUT2D eigenvalue weighted by Gasteiger charge is 2.23. The van der Waals surface area contributed by atoms with Crippen LogP contribution in [0.5, 0.6) is 0 Å². The zero-order valence-electron chi connectivity index (χ0n) is 16.2. The van der Waals surface area contributed by atoms with Gasteiger partial charge in [0.2, 0.25) is 5.91 Å². The molecular weight excluding hydrogens is 393 g/mol. The third-order valence-corrected chi connectivity index (χ3v) is 6.17. The van der Waals surface area contributed by atoms with Gasteiger partial charge in [0.1, 0.15) is 5.82 Å². The maximum absolute atomic E-state index is 14.1. The van der Waals surface area contributed by atoms with Crippen molar-refractivity contribution in [1.29, 1.82) is 0 Å². The number of aliphatic hydroxyl groups is 1. The van der Waals surface area contributed by atoms with Crippen LogP contribution in [0.4, 0.5) is 4.39 Å². The second-order valence-electron chi connectivity index (χ2n) is 6.52. The van der Waals surface area contributed by atoms with Crippen LogP contribution in [-0.4, -0.2) is 46.3 Å². The first-order valence-electron chi connectivity index (χ1n) is 9.40. The summed E-state index contributed by atoms with van der Waals surface area (Å²) >= 11 is 3.39. The number of hydrogen-bond acceptors (Lipinski definition) is 4. The highest BCUT2D eigenvalue weighted by Crippen LogP contribution is 2.19. The normalized spacial score (nSPS) is 12.0. The molecular formula is C22H28FNO2S2. The van der Waals surface area contributed by atoms with Crippen LogP contribution in [0, 0.1) is 5.82 Å². The summed E-state index contributed by atoms with van der Waals surface area (Å²) in [7, 11) is 0. The first kappa shape index (κ1) is 22.8. The number of amides is 1. The van der Waals surface area contributed by atoms with Gasteiger partial charge in [-0.15, -0.1) is 0 Å². The molecule has 2 aromatic carbocycles. The van der Waals surface area contributed by atoms with Crippen LogP contribution in [-0.2, 0) is 17.1 Å². The molecule has 1 N–H and O–H groups in total. The Bertz CT molecular complexity index is 715. The number of carbonyl (C=O) groups is 1. The Labute approximate surface area is 175 Å². The zero-order valence-corrected chi connectivity index (χ0v) is 17.9. The lowest BCUT2D eigenvalue weighted by Crippen LogP contribution is -2.42. The first-order valence-corrected chi connectivity index (χ1v) is 11.9. The lowest BCUT2D eigenvalue weighted by Gasteiger charge is -2.31. The van der Waals surface area contributed by atoms with E-state index in [2.05, 4.69) is 12.1 Å². The molecule has 0 aliphatic rings. The zero-order chi connectivity index (χ0) is 20.2. The Balaban J connectivity index is 1.98. The smallest absolute Gasteiger partial charge is 0.224 e. The number of rotatable bonds is 12. The molecule has 0 aliphatic heterocycles. The van der Waals surface area contributed by atoms with E-state index in [1.54, 1.807) is 46.6 Å². The summed E-state index contributed by atoms with van der Waals surface area (Å²) in [5.41, 5.74) is 1.71. The Kier molecular flexibility index (Phi) is 10.5. The molecule has 0 fully saturated rings. The van der Waals surface area contributed by atoms with E-state index in [0.717, 1.165) is 11.5 Å². The van der Waals surface area contributed by atoms with E-state index in [1.807, 2.05) is 24.5 Å². The standard InChI is InChI=1S/C22H28FNO2S2/c1-27-13-11-20(16-25)24(15-19-9-5-6-10-21(19)23)22(26)12-14-28-17-18-7-3-2-4-8-18/h2-10,20,25H,11-17H2,1H3/t20-/m1/s1. The fourth-order valence-corrected chi connectivity index (χ4v) is 4.30. The average molecular weight is 422 g/mol. The molecule has 2 rings (SSSR count). The lowest BCUT2D eigenvalue weighted by atomic mass is 10.1. The highest BCUT2D eigenvalue weighted by molar-refractivity contribution is 7.98. The summed E-state index contributed by atoms with van der Waals surface area (Å²) in [6.07, 6.45) is 3.06. The summed E-state index contributed by atoms with van der Waals surface area (Å²) in [5, 5.41) is 9.84. The van der Waals surface area contributed by atoms with E-state index in [4.69, 9.17) is 0 Å². The summed E-state index contributed by atoms with van der Waals surface area (Å²) in [4.78, 5) is 14.6. The van der Waals surface area contributed by atoms with Crippen LogP contribution in [0.25, 0.3) is 0 Å². The van der Waals surface area contributed by atoms with Crippen LogP contribution in [0.15, 0.2) is 54.6 Å². The molecule has 0 saturated carbocycles. The van der Waals surface area contributed by atoms with E-state index in [9.17, 15) is 14.3 Å². The topological polar surface area (TPSA) is 40.5 Å². The van der Waals surface area contributed by atoms with Gasteiger partial charge in [-0.05, 0) is 30.1 Å². The number of halogens is 1. The third kappa shape index (κ3) is 7.49. The Morgan fingerprint density at radius 3 is 2.50 bits per heavy atom. The molecule has 0 bridgehead atoms. The Hall–Kier alpha value is -1.50. The minimum absolute atomic E-state index is 0.0380. The van der Waals surface area contributed by atoms with Crippen LogP contribution in [0.2, 0.25) is 0 Å². The maximum Gasteiger partial charge on any atom is 0.224 e. The number of carbonyl (C=O) groups excluding carboxylic acids is 1. The SMILES string of the molecule is CSCC[C@H](CO)N(Cc1ccccc1F)C(=O)CCSCc1ccccc1. The van der Waals surface area contributed by atoms with Crippen molar-refractivity contribution >= 4 is 29.4 Å². The maximum atomic E-state index is 14.1. The fraction of sp³-hybridized carbons (Fsp3) is 0.409. The van der Waals surface area contributed by atoms with Gasteiger partial charge < -0.3 is 10.0 Å².